The second kappa shape index (κ2) is 7.27. The van der Waals surface area contributed by atoms with Crippen LogP contribution in [0.15, 0.2) is 0 Å². The number of nitrogens with two attached hydrogens (primary N) is 1. The first-order chi connectivity index (χ1) is 7.33. The third-order valence-corrected chi connectivity index (χ3v) is 4.16. The van der Waals surface area contributed by atoms with Crippen molar-refractivity contribution < 1.29 is 0 Å². The summed E-state index contributed by atoms with van der Waals surface area (Å²) in [5, 5.41) is 0. The van der Waals surface area contributed by atoms with E-state index in [4.69, 9.17) is 5.73 Å². The van der Waals surface area contributed by atoms with Crippen molar-refractivity contribution in [3.05, 3.63) is 0 Å². The van der Waals surface area contributed by atoms with Crippen molar-refractivity contribution in [2.75, 3.05) is 6.54 Å². The van der Waals surface area contributed by atoms with Crippen LogP contribution in [0.5, 0.6) is 0 Å². The van der Waals surface area contributed by atoms with Gasteiger partial charge in [-0.15, -0.1) is 0 Å². The minimum atomic E-state index is 0.587. The van der Waals surface area contributed by atoms with Gasteiger partial charge in [0.2, 0.25) is 0 Å². The highest BCUT2D eigenvalue weighted by Crippen LogP contribution is 2.44. The van der Waals surface area contributed by atoms with E-state index in [-0.39, 0.29) is 0 Å². The van der Waals surface area contributed by atoms with Gasteiger partial charge in [0, 0.05) is 0 Å². The highest BCUT2D eigenvalue weighted by atomic mass is 14.6. The van der Waals surface area contributed by atoms with Crippen molar-refractivity contribution in [3.8, 4) is 0 Å². The highest BCUT2D eigenvalue weighted by Gasteiger charge is 2.34. The van der Waals surface area contributed by atoms with E-state index >= 15 is 0 Å². The zero-order valence-electron chi connectivity index (χ0n) is 10.6. The summed E-state index contributed by atoms with van der Waals surface area (Å²) in [5.74, 6) is 0. The van der Waals surface area contributed by atoms with Crippen LogP contribution >= 0.6 is 0 Å². The molecule has 90 valence electrons. The lowest BCUT2D eigenvalue weighted by atomic mass is 9.66. The number of unbranched alkanes of at least 4 members (excludes halogenated alkanes) is 6. The molecule has 0 bridgehead atoms. The Kier molecular flexibility index (Phi) is 6.31. The van der Waals surface area contributed by atoms with E-state index < -0.39 is 0 Å². The molecule has 1 heteroatoms. The smallest absolute Gasteiger partial charge is 0.00205 e. The Hall–Kier alpha value is -0.0400. The zero-order valence-corrected chi connectivity index (χ0v) is 10.6. The van der Waals surface area contributed by atoms with Gasteiger partial charge in [0.1, 0.15) is 0 Å². The monoisotopic (exact) mass is 211 g/mol. The Bertz CT molecular complexity index is 144. The fraction of sp³-hybridized carbons (Fsp3) is 1.00. The summed E-state index contributed by atoms with van der Waals surface area (Å²) in [4.78, 5) is 0. The highest BCUT2D eigenvalue weighted by molar-refractivity contribution is 4.88. The minimum Gasteiger partial charge on any atom is -0.330 e. The van der Waals surface area contributed by atoms with Gasteiger partial charge >= 0.3 is 0 Å². The van der Waals surface area contributed by atoms with Crippen molar-refractivity contribution in [2.24, 2.45) is 11.1 Å². The second-order valence-corrected chi connectivity index (χ2v) is 5.43. The first kappa shape index (κ1) is 13.0. The summed E-state index contributed by atoms with van der Waals surface area (Å²) < 4.78 is 0. The summed E-state index contributed by atoms with van der Waals surface area (Å²) in [5.41, 5.74) is 6.44. The van der Waals surface area contributed by atoms with E-state index in [1.54, 1.807) is 0 Å². The Balaban J connectivity index is 1.88. The molecule has 0 radical (unpaired) electrons. The largest absolute Gasteiger partial charge is 0.330 e. The molecule has 1 aliphatic carbocycles. The normalized spacial score (nSPS) is 18.8. The van der Waals surface area contributed by atoms with Crippen LogP contribution in [-0.2, 0) is 0 Å². The number of hydrogen-bond acceptors (Lipinski definition) is 1. The lowest BCUT2D eigenvalue weighted by Crippen LogP contribution is -2.37. The zero-order chi connectivity index (χ0) is 11.0. The molecule has 0 saturated heterocycles. The van der Waals surface area contributed by atoms with Crippen molar-refractivity contribution in [3.63, 3.8) is 0 Å². The van der Waals surface area contributed by atoms with Crippen molar-refractivity contribution in [1.29, 1.82) is 0 Å². The summed E-state index contributed by atoms with van der Waals surface area (Å²) in [6.07, 6.45) is 15.6. The third-order valence-electron chi connectivity index (χ3n) is 4.16. The Labute approximate surface area is 95.8 Å². The van der Waals surface area contributed by atoms with Crippen LogP contribution in [0, 0.1) is 5.41 Å². The van der Waals surface area contributed by atoms with Gasteiger partial charge in [-0.05, 0) is 31.2 Å². The van der Waals surface area contributed by atoms with Gasteiger partial charge in [-0.3, -0.25) is 0 Å². The molecular weight excluding hydrogens is 182 g/mol. The van der Waals surface area contributed by atoms with Gasteiger partial charge in [0.15, 0.2) is 0 Å². The van der Waals surface area contributed by atoms with E-state index in [0.717, 1.165) is 6.54 Å². The van der Waals surface area contributed by atoms with E-state index in [0.29, 0.717) is 5.41 Å². The average Bonchev–Trinajstić information content (AvgIpc) is 2.20. The van der Waals surface area contributed by atoms with E-state index in [1.165, 1.54) is 70.6 Å². The molecule has 2 N–H and O–H groups in total. The maximum Gasteiger partial charge on any atom is -0.00205 e. The standard InChI is InChI=1S/C14H29N/c1-2-3-4-5-6-7-8-10-14(13-15)11-9-12-14/h2-13,15H2,1H3. The molecule has 15 heavy (non-hydrogen) atoms. The van der Waals surface area contributed by atoms with E-state index in [2.05, 4.69) is 6.92 Å². The summed E-state index contributed by atoms with van der Waals surface area (Å²) in [7, 11) is 0. The molecular formula is C14H29N. The van der Waals surface area contributed by atoms with Crippen molar-refractivity contribution in [2.45, 2.75) is 77.6 Å². The first-order valence-corrected chi connectivity index (χ1v) is 7.03. The van der Waals surface area contributed by atoms with Gasteiger partial charge in [-0.25, -0.2) is 0 Å². The fourth-order valence-corrected chi connectivity index (χ4v) is 2.69. The predicted molar refractivity (Wildman–Crippen MR) is 67.9 cm³/mol. The SMILES string of the molecule is CCCCCCCCCC1(CN)CCC1. The molecule has 0 aromatic carbocycles. The molecule has 0 aliphatic heterocycles. The van der Waals surface area contributed by atoms with Gasteiger partial charge in [0.05, 0.1) is 0 Å². The quantitative estimate of drug-likeness (QED) is 0.567. The predicted octanol–water partition coefficient (Wildman–Crippen LogP) is 4.26. The van der Waals surface area contributed by atoms with Gasteiger partial charge in [-0.2, -0.15) is 0 Å². The molecule has 1 rings (SSSR count). The molecule has 0 amide bonds. The molecule has 1 nitrogen and oxygen atoms in total. The number of hydrogen-bond donors (Lipinski definition) is 1. The lowest BCUT2D eigenvalue weighted by molar-refractivity contribution is 0.126. The van der Waals surface area contributed by atoms with Gasteiger partial charge in [0.25, 0.3) is 0 Å². The molecule has 0 heterocycles. The average molecular weight is 211 g/mol. The molecule has 0 aromatic rings. The van der Waals surface area contributed by atoms with E-state index in [9.17, 15) is 0 Å². The van der Waals surface area contributed by atoms with E-state index in [1.807, 2.05) is 0 Å². The van der Waals surface area contributed by atoms with Crippen LogP contribution in [0.25, 0.3) is 0 Å². The third kappa shape index (κ3) is 4.55. The summed E-state index contributed by atoms with van der Waals surface area (Å²) in [6.45, 7) is 3.21. The second-order valence-electron chi connectivity index (χ2n) is 5.43. The Morgan fingerprint density at radius 3 is 2.00 bits per heavy atom. The topological polar surface area (TPSA) is 26.0 Å². The Morgan fingerprint density at radius 1 is 0.933 bits per heavy atom. The molecule has 0 unspecified atom stereocenters. The van der Waals surface area contributed by atoms with Crippen LogP contribution < -0.4 is 5.73 Å². The van der Waals surface area contributed by atoms with Crippen LogP contribution in [0.1, 0.15) is 77.6 Å². The molecule has 1 fully saturated rings. The minimum absolute atomic E-state index is 0.587. The molecule has 0 atom stereocenters. The first-order valence-electron chi connectivity index (χ1n) is 7.03. The van der Waals surface area contributed by atoms with Crippen molar-refractivity contribution in [1.82, 2.24) is 0 Å². The maximum absolute atomic E-state index is 5.85. The Morgan fingerprint density at radius 2 is 1.53 bits per heavy atom. The maximum atomic E-state index is 5.85. The fourth-order valence-electron chi connectivity index (χ4n) is 2.69. The summed E-state index contributed by atoms with van der Waals surface area (Å²) >= 11 is 0. The van der Waals surface area contributed by atoms with Gasteiger partial charge in [-0.1, -0.05) is 58.3 Å². The lowest BCUT2D eigenvalue weighted by Gasteiger charge is -2.41. The molecule has 1 saturated carbocycles. The summed E-state index contributed by atoms with van der Waals surface area (Å²) in [6, 6.07) is 0. The number of rotatable bonds is 9. The molecule has 0 aromatic heterocycles. The van der Waals surface area contributed by atoms with Crippen LogP contribution in [0.4, 0.5) is 0 Å². The van der Waals surface area contributed by atoms with Crippen LogP contribution in [0.2, 0.25) is 0 Å². The molecule has 0 spiro atoms. The van der Waals surface area contributed by atoms with Crippen LogP contribution in [0.3, 0.4) is 0 Å². The van der Waals surface area contributed by atoms with Crippen molar-refractivity contribution >= 4 is 0 Å². The van der Waals surface area contributed by atoms with Gasteiger partial charge < -0.3 is 5.73 Å². The van der Waals surface area contributed by atoms with Crippen LogP contribution in [-0.4, -0.2) is 6.54 Å². The molecule has 1 aliphatic rings.